The highest BCUT2D eigenvalue weighted by Crippen LogP contribution is 2.38. The molecule has 0 aliphatic rings. The lowest BCUT2D eigenvalue weighted by atomic mass is 9.98. The van der Waals surface area contributed by atoms with Crippen molar-refractivity contribution in [2.24, 2.45) is 5.92 Å². The van der Waals surface area contributed by atoms with Crippen molar-refractivity contribution < 1.29 is 46.3 Å². The van der Waals surface area contributed by atoms with Crippen LogP contribution in [0.3, 0.4) is 0 Å². The summed E-state index contributed by atoms with van der Waals surface area (Å²) in [4.78, 5) is 36.9. The molecule has 0 radical (unpaired) electrons. The highest BCUT2D eigenvalue weighted by molar-refractivity contribution is 7.91. The van der Waals surface area contributed by atoms with Gasteiger partial charge in [-0.2, -0.15) is 13.2 Å². The summed E-state index contributed by atoms with van der Waals surface area (Å²) >= 11 is -2.21. The quantitative estimate of drug-likeness (QED) is 0.134. The Morgan fingerprint density at radius 2 is 1.61 bits per heavy atom. The molecule has 1 atom stereocenters. The van der Waals surface area contributed by atoms with Crippen molar-refractivity contribution in [2.75, 3.05) is 18.5 Å². The lowest BCUT2D eigenvalue weighted by molar-refractivity contribution is -0.162. The van der Waals surface area contributed by atoms with Crippen LogP contribution in [0.5, 0.6) is 0 Å². The van der Waals surface area contributed by atoms with Crippen LogP contribution in [0.2, 0.25) is 0 Å². The number of hydrogen-bond donors (Lipinski definition) is 1. The summed E-state index contributed by atoms with van der Waals surface area (Å²) in [6, 6.07) is 7.84. The van der Waals surface area contributed by atoms with Gasteiger partial charge in [-0.1, -0.05) is 12.1 Å². The molecule has 0 aromatic heterocycles. The monoisotopic (exact) mass is 599 g/mol. The lowest BCUT2D eigenvalue weighted by Gasteiger charge is -2.21. The van der Waals surface area contributed by atoms with Gasteiger partial charge >= 0.3 is 24.2 Å². The van der Waals surface area contributed by atoms with Gasteiger partial charge < -0.3 is 18.8 Å². The zero-order valence-corrected chi connectivity index (χ0v) is 24.8. The van der Waals surface area contributed by atoms with Crippen molar-refractivity contribution in [1.29, 1.82) is 0 Å². The van der Waals surface area contributed by atoms with Crippen LogP contribution >= 0.6 is 0 Å². The molecular weight excluding hydrogens is 563 g/mol. The first kappa shape index (κ1) is 34.0. The molecule has 0 aliphatic carbocycles. The third kappa shape index (κ3) is 9.96. The Kier molecular flexibility index (Phi) is 12.1. The number of aryl methyl sites for hydroxylation is 2. The topological polar surface area (TPSA) is 114 Å². The average molecular weight is 600 g/mol. The van der Waals surface area contributed by atoms with Crippen LogP contribution in [0.15, 0.2) is 46.2 Å². The van der Waals surface area contributed by atoms with Gasteiger partial charge in [-0.3, -0.25) is 14.9 Å². The Morgan fingerprint density at radius 3 is 2.15 bits per heavy atom. The van der Waals surface area contributed by atoms with E-state index in [-0.39, 0.29) is 53.5 Å². The SMILES string of the molecule is CCOC(=O)C(CCCc1cc([S+]([O-])c2c(C)cccc2C(F)(F)F)ccc1NC(=O)OC(C)(C)C)C(=O)OCC. The zero-order chi connectivity index (χ0) is 31.0. The van der Waals surface area contributed by atoms with E-state index < -0.39 is 52.5 Å². The Bertz CT molecular complexity index is 1210. The molecule has 1 unspecified atom stereocenters. The Labute approximate surface area is 241 Å². The van der Waals surface area contributed by atoms with Crippen LogP contribution < -0.4 is 5.32 Å². The molecule has 226 valence electrons. The molecular formula is C29H36F3NO7S. The summed E-state index contributed by atoms with van der Waals surface area (Å²) in [5, 5.41) is 2.62. The Hall–Kier alpha value is -3.25. The first-order chi connectivity index (χ1) is 19.1. The molecule has 0 saturated carbocycles. The number of rotatable bonds is 11. The van der Waals surface area contributed by atoms with Gasteiger partial charge in [0.15, 0.2) is 15.7 Å². The summed E-state index contributed by atoms with van der Waals surface area (Å²) in [7, 11) is 0. The number of ether oxygens (including phenoxy) is 3. The molecule has 2 rings (SSSR count). The van der Waals surface area contributed by atoms with Gasteiger partial charge in [0.2, 0.25) is 0 Å². The molecule has 0 saturated heterocycles. The van der Waals surface area contributed by atoms with E-state index in [0.717, 1.165) is 6.07 Å². The minimum atomic E-state index is -4.72. The van der Waals surface area contributed by atoms with Crippen molar-refractivity contribution in [1.82, 2.24) is 0 Å². The Balaban J connectivity index is 2.45. The lowest BCUT2D eigenvalue weighted by Crippen LogP contribution is -2.28. The minimum absolute atomic E-state index is 0.0485. The number of hydrogen-bond acceptors (Lipinski definition) is 7. The van der Waals surface area contributed by atoms with Crippen LogP contribution in [0.4, 0.5) is 23.7 Å². The summed E-state index contributed by atoms with van der Waals surface area (Å²) in [6.45, 7) is 9.88. The van der Waals surface area contributed by atoms with Gasteiger partial charge in [0, 0.05) is 22.4 Å². The third-order valence-corrected chi connectivity index (χ3v) is 7.31. The maximum Gasteiger partial charge on any atom is 0.421 e. The normalized spacial score (nSPS) is 12.6. The summed E-state index contributed by atoms with van der Waals surface area (Å²) in [5.41, 5.74) is -0.876. The highest BCUT2D eigenvalue weighted by atomic mass is 32.2. The van der Waals surface area contributed by atoms with Gasteiger partial charge in [-0.25, -0.2) is 4.79 Å². The predicted octanol–water partition coefficient (Wildman–Crippen LogP) is 6.59. The first-order valence-corrected chi connectivity index (χ1v) is 14.3. The number of carbonyl (C=O) groups is 3. The van der Waals surface area contributed by atoms with Crippen molar-refractivity contribution in [3.05, 3.63) is 53.1 Å². The maximum absolute atomic E-state index is 13.7. The third-order valence-electron chi connectivity index (χ3n) is 5.71. The molecule has 0 spiro atoms. The molecule has 0 bridgehead atoms. The van der Waals surface area contributed by atoms with Crippen molar-refractivity contribution in [3.8, 4) is 0 Å². The molecule has 41 heavy (non-hydrogen) atoms. The number of nitrogens with one attached hydrogen (secondary N) is 1. The number of benzene rings is 2. The fourth-order valence-corrected chi connectivity index (χ4v) is 5.40. The average Bonchev–Trinajstić information content (AvgIpc) is 2.85. The van der Waals surface area contributed by atoms with E-state index in [4.69, 9.17) is 14.2 Å². The zero-order valence-electron chi connectivity index (χ0n) is 24.0. The number of anilines is 1. The fourth-order valence-electron chi connectivity index (χ4n) is 3.98. The van der Waals surface area contributed by atoms with E-state index in [0.29, 0.717) is 5.56 Å². The van der Waals surface area contributed by atoms with E-state index in [9.17, 15) is 32.1 Å². The maximum atomic E-state index is 13.7. The number of carbonyl (C=O) groups excluding carboxylic acids is 3. The van der Waals surface area contributed by atoms with E-state index in [1.807, 2.05) is 0 Å². The van der Waals surface area contributed by atoms with Crippen LogP contribution in [0, 0.1) is 12.8 Å². The second-order valence-corrected chi connectivity index (χ2v) is 11.5. The van der Waals surface area contributed by atoms with Crippen molar-refractivity contribution in [3.63, 3.8) is 0 Å². The standard InChI is InChI=1S/C29H36F3NO7S/c1-7-38-25(34)21(26(35)39-8-2)13-10-12-19-17-20(15-16-23(19)33-27(36)40-28(4,5)6)41(37)24-18(3)11-9-14-22(24)29(30,31)32/h9,11,14-17,21H,7-8,10,12-13H2,1-6H3,(H,33,36). The molecule has 8 nitrogen and oxygen atoms in total. The number of esters is 2. The predicted molar refractivity (Wildman–Crippen MR) is 147 cm³/mol. The summed E-state index contributed by atoms with van der Waals surface area (Å²) < 4.78 is 70.0. The van der Waals surface area contributed by atoms with E-state index in [2.05, 4.69) is 5.32 Å². The second kappa shape index (κ2) is 14.6. The van der Waals surface area contributed by atoms with Crippen LogP contribution in [0.25, 0.3) is 0 Å². The molecule has 0 aliphatic heterocycles. The fraction of sp³-hybridized carbons (Fsp3) is 0.483. The van der Waals surface area contributed by atoms with Gasteiger partial charge in [0.1, 0.15) is 11.2 Å². The van der Waals surface area contributed by atoms with Crippen molar-refractivity contribution >= 4 is 34.9 Å². The van der Waals surface area contributed by atoms with Crippen LogP contribution in [-0.4, -0.2) is 41.4 Å². The van der Waals surface area contributed by atoms with Gasteiger partial charge in [0.05, 0.1) is 13.2 Å². The molecule has 2 aromatic rings. The number of halogens is 3. The number of amides is 1. The molecule has 0 fully saturated rings. The molecule has 1 amide bonds. The van der Waals surface area contributed by atoms with Crippen molar-refractivity contribution in [2.45, 2.75) is 82.4 Å². The minimum Gasteiger partial charge on any atom is -0.606 e. The molecule has 12 heteroatoms. The highest BCUT2D eigenvalue weighted by Gasteiger charge is 2.39. The summed E-state index contributed by atoms with van der Waals surface area (Å²) in [6.07, 6.45) is -5.02. The van der Waals surface area contributed by atoms with Gasteiger partial charge in [-0.15, -0.1) is 0 Å². The van der Waals surface area contributed by atoms with Gasteiger partial charge in [-0.05, 0) is 90.6 Å². The molecule has 2 aromatic carbocycles. The smallest absolute Gasteiger partial charge is 0.421 e. The van der Waals surface area contributed by atoms with Gasteiger partial charge in [0.25, 0.3) is 0 Å². The Morgan fingerprint density at radius 1 is 1.00 bits per heavy atom. The molecule has 0 heterocycles. The van der Waals surface area contributed by atoms with E-state index in [1.165, 1.54) is 37.3 Å². The second-order valence-electron chi connectivity index (χ2n) is 10.1. The van der Waals surface area contributed by atoms with E-state index in [1.54, 1.807) is 34.6 Å². The van der Waals surface area contributed by atoms with E-state index >= 15 is 0 Å². The first-order valence-electron chi connectivity index (χ1n) is 13.1. The summed E-state index contributed by atoms with van der Waals surface area (Å²) in [5.74, 6) is -2.63. The molecule has 1 N–H and O–H groups in total. The largest absolute Gasteiger partial charge is 0.606 e. The van der Waals surface area contributed by atoms with Crippen LogP contribution in [-0.2, 0) is 47.6 Å². The number of alkyl halides is 3. The van der Waals surface area contributed by atoms with Crippen LogP contribution in [0.1, 0.15) is 64.2 Å².